The molecule has 0 spiro atoms. The number of non-ortho nitro benzene ring substituents is 1. The summed E-state index contributed by atoms with van der Waals surface area (Å²) in [6.07, 6.45) is 3.11. The number of anilines is 1. The van der Waals surface area contributed by atoms with Crippen LogP contribution in [-0.2, 0) is 0 Å². The molecule has 0 radical (unpaired) electrons. The third kappa shape index (κ3) is 4.43. The SMILES string of the molecule is Cc1ncn(-c2cc(Oc3ccc(NC(=O)c4ccc([N+](=O)[O-])cc4)cc3)ncn2)c1C. The number of nitrogens with one attached hydrogen (secondary N) is 1. The van der Waals surface area contributed by atoms with Crippen molar-refractivity contribution in [2.24, 2.45) is 0 Å². The van der Waals surface area contributed by atoms with Crippen LogP contribution in [0.3, 0.4) is 0 Å². The maximum absolute atomic E-state index is 12.3. The number of aromatic nitrogens is 4. The summed E-state index contributed by atoms with van der Waals surface area (Å²) in [7, 11) is 0. The lowest BCUT2D eigenvalue weighted by atomic mass is 10.2. The molecular formula is C22H18N6O4. The standard InChI is InChI=1S/C22H18N6O4/c1-14-15(2)27(13-25-14)20-11-21(24-12-23-20)32-19-9-5-17(6-10-19)26-22(29)16-3-7-18(8-4-16)28(30)31/h3-13H,1-2H3,(H,26,29). The molecule has 10 nitrogen and oxygen atoms in total. The number of amides is 1. The molecule has 2 aromatic carbocycles. The Labute approximate surface area is 182 Å². The van der Waals surface area contributed by atoms with Crippen LogP contribution in [0.25, 0.3) is 5.82 Å². The van der Waals surface area contributed by atoms with Crippen molar-refractivity contribution in [3.8, 4) is 17.4 Å². The first kappa shape index (κ1) is 20.7. The van der Waals surface area contributed by atoms with E-state index >= 15 is 0 Å². The molecule has 4 rings (SSSR count). The Hall–Kier alpha value is -4.60. The zero-order valence-electron chi connectivity index (χ0n) is 17.2. The van der Waals surface area contributed by atoms with Crippen LogP contribution >= 0.6 is 0 Å². The molecule has 4 aromatic rings. The van der Waals surface area contributed by atoms with Gasteiger partial charge in [0, 0.05) is 35.1 Å². The number of rotatable bonds is 6. The van der Waals surface area contributed by atoms with E-state index in [4.69, 9.17) is 4.74 Å². The van der Waals surface area contributed by atoms with E-state index in [9.17, 15) is 14.9 Å². The summed E-state index contributed by atoms with van der Waals surface area (Å²) < 4.78 is 7.65. The van der Waals surface area contributed by atoms with Crippen LogP contribution in [0.15, 0.2) is 67.3 Å². The van der Waals surface area contributed by atoms with E-state index in [-0.39, 0.29) is 11.6 Å². The van der Waals surface area contributed by atoms with Gasteiger partial charge in [0.2, 0.25) is 5.88 Å². The molecule has 0 saturated heterocycles. The lowest BCUT2D eigenvalue weighted by Gasteiger charge is -2.09. The number of aryl methyl sites for hydroxylation is 1. The zero-order chi connectivity index (χ0) is 22.7. The summed E-state index contributed by atoms with van der Waals surface area (Å²) in [6, 6.07) is 13.8. The second-order valence-corrected chi connectivity index (χ2v) is 6.88. The fourth-order valence-corrected chi connectivity index (χ4v) is 2.91. The summed E-state index contributed by atoms with van der Waals surface area (Å²) in [5.74, 6) is 1.16. The first-order valence-electron chi connectivity index (χ1n) is 9.57. The van der Waals surface area contributed by atoms with E-state index in [0.29, 0.717) is 28.7 Å². The Morgan fingerprint density at radius 2 is 1.75 bits per heavy atom. The van der Waals surface area contributed by atoms with E-state index in [2.05, 4.69) is 20.3 Å². The predicted molar refractivity (Wildman–Crippen MR) is 116 cm³/mol. The van der Waals surface area contributed by atoms with Crippen molar-refractivity contribution in [1.82, 2.24) is 19.5 Å². The van der Waals surface area contributed by atoms with Crippen molar-refractivity contribution in [3.63, 3.8) is 0 Å². The highest BCUT2D eigenvalue weighted by Crippen LogP contribution is 2.23. The van der Waals surface area contributed by atoms with Crippen molar-refractivity contribution < 1.29 is 14.5 Å². The van der Waals surface area contributed by atoms with Crippen molar-refractivity contribution >= 4 is 17.3 Å². The second kappa shape index (κ2) is 8.64. The fraction of sp³-hybridized carbons (Fsp3) is 0.0909. The van der Waals surface area contributed by atoms with Gasteiger partial charge >= 0.3 is 0 Å². The minimum Gasteiger partial charge on any atom is -0.439 e. The lowest BCUT2D eigenvalue weighted by Crippen LogP contribution is -2.11. The van der Waals surface area contributed by atoms with Gasteiger partial charge in [-0.2, -0.15) is 0 Å². The van der Waals surface area contributed by atoms with Crippen LogP contribution in [0.5, 0.6) is 11.6 Å². The van der Waals surface area contributed by atoms with Gasteiger partial charge in [0.15, 0.2) is 0 Å². The molecule has 0 bridgehead atoms. The molecule has 1 N–H and O–H groups in total. The van der Waals surface area contributed by atoms with Crippen molar-refractivity contribution in [2.45, 2.75) is 13.8 Å². The van der Waals surface area contributed by atoms with Gasteiger partial charge in [0.05, 0.1) is 10.6 Å². The Morgan fingerprint density at radius 1 is 1.03 bits per heavy atom. The highest BCUT2D eigenvalue weighted by molar-refractivity contribution is 6.04. The van der Waals surface area contributed by atoms with E-state index < -0.39 is 4.92 Å². The highest BCUT2D eigenvalue weighted by Gasteiger charge is 2.11. The van der Waals surface area contributed by atoms with Crippen LogP contribution in [-0.4, -0.2) is 30.3 Å². The van der Waals surface area contributed by atoms with Gasteiger partial charge in [-0.15, -0.1) is 0 Å². The van der Waals surface area contributed by atoms with E-state index in [1.165, 1.54) is 30.6 Å². The molecule has 0 aliphatic carbocycles. The Morgan fingerprint density at radius 3 is 2.38 bits per heavy atom. The molecule has 1 amide bonds. The number of nitro benzene ring substituents is 1. The molecule has 0 saturated carbocycles. The van der Waals surface area contributed by atoms with Gasteiger partial charge in [-0.25, -0.2) is 15.0 Å². The fourth-order valence-electron chi connectivity index (χ4n) is 2.91. The normalized spacial score (nSPS) is 10.6. The zero-order valence-corrected chi connectivity index (χ0v) is 17.2. The van der Waals surface area contributed by atoms with Crippen molar-refractivity contribution in [3.05, 3.63) is 94.3 Å². The van der Waals surface area contributed by atoms with Gasteiger partial charge in [-0.1, -0.05) is 0 Å². The Kier molecular flexibility index (Phi) is 5.58. The first-order valence-corrected chi connectivity index (χ1v) is 9.57. The number of ether oxygens (including phenoxy) is 1. The molecule has 0 aliphatic heterocycles. The molecule has 0 unspecified atom stereocenters. The van der Waals surface area contributed by atoms with E-state index in [0.717, 1.165) is 11.4 Å². The molecule has 2 aromatic heterocycles. The quantitative estimate of drug-likeness (QED) is 0.358. The molecule has 32 heavy (non-hydrogen) atoms. The maximum Gasteiger partial charge on any atom is 0.269 e. The average molecular weight is 430 g/mol. The van der Waals surface area contributed by atoms with E-state index in [1.807, 2.05) is 18.4 Å². The number of benzene rings is 2. The topological polar surface area (TPSA) is 125 Å². The van der Waals surface area contributed by atoms with Gasteiger partial charge in [-0.3, -0.25) is 19.5 Å². The Balaban J connectivity index is 1.43. The first-order chi connectivity index (χ1) is 15.4. The van der Waals surface area contributed by atoms with E-state index in [1.54, 1.807) is 36.7 Å². The molecule has 0 fully saturated rings. The van der Waals surface area contributed by atoms with Crippen molar-refractivity contribution in [2.75, 3.05) is 5.32 Å². The molecule has 160 valence electrons. The van der Waals surface area contributed by atoms with Crippen LogP contribution in [0.1, 0.15) is 21.7 Å². The summed E-state index contributed by atoms with van der Waals surface area (Å²) in [5.41, 5.74) is 2.68. The molecule has 0 aliphatic rings. The van der Waals surface area contributed by atoms with Crippen LogP contribution in [0, 0.1) is 24.0 Å². The minimum atomic E-state index is -0.515. The molecule has 0 atom stereocenters. The van der Waals surface area contributed by atoms with Crippen LogP contribution in [0.4, 0.5) is 11.4 Å². The minimum absolute atomic E-state index is 0.0748. The summed E-state index contributed by atoms with van der Waals surface area (Å²) in [4.78, 5) is 35.2. The van der Waals surface area contributed by atoms with Gasteiger partial charge < -0.3 is 10.1 Å². The number of hydrogen-bond donors (Lipinski definition) is 1. The third-order valence-corrected chi connectivity index (χ3v) is 4.80. The van der Waals surface area contributed by atoms with Gasteiger partial charge in [-0.05, 0) is 50.2 Å². The van der Waals surface area contributed by atoms with Crippen LogP contribution in [0.2, 0.25) is 0 Å². The van der Waals surface area contributed by atoms with Crippen molar-refractivity contribution in [1.29, 1.82) is 0 Å². The number of nitrogens with zero attached hydrogens (tertiary/aromatic N) is 5. The third-order valence-electron chi connectivity index (χ3n) is 4.80. The van der Waals surface area contributed by atoms with Crippen LogP contribution < -0.4 is 10.1 Å². The largest absolute Gasteiger partial charge is 0.439 e. The number of imidazole rings is 1. The average Bonchev–Trinajstić information content (AvgIpc) is 3.13. The Bertz CT molecular complexity index is 1280. The number of hydrogen-bond acceptors (Lipinski definition) is 7. The number of nitro groups is 1. The maximum atomic E-state index is 12.3. The second-order valence-electron chi connectivity index (χ2n) is 6.88. The number of carbonyl (C=O) groups excluding carboxylic acids is 1. The lowest BCUT2D eigenvalue weighted by molar-refractivity contribution is -0.384. The molecular weight excluding hydrogens is 412 g/mol. The van der Waals surface area contributed by atoms with Gasteiger partial charge in [0.1, 0.15) is 24.2 Å². The predicted octanol–water partition coefficient (Wildman–Crippen LogP) is 4.23. The monoisotopic (exact) mass is 430 g/mol. The summed E-state index contributed by atoms with van der Waals surface area (Å²) >= 11 is 0. The molecule has 2 heterocycles. The summed E-state index contributed by atoms with van der Waals surface area (Å²) in [5, 5.41) is 13.5. The van der Waals surface area contributed by atoms with Gasteiger partial charge in [0.25, 0.3) is 11.6 Å². The highest BCUT2D eigenvalue weighted by atomic mass is 16.6. The molecule has 10 heteroatoms. The smallest absolute Gasteiger partial charge is 0.269 e. The number of carbonyl (C=O) groups is 1. The summed E-state index contributed by atoms with van der Waals surface area (Å²) in [6.45, 7) is 3.88.